The second kappa shape index (κ2) is 2.04. The van der Waals surface area contributed by atoms with Crippen LogP contribution in [0.15, 0.2) is 5.11 Å². The Labute approximate surface area is 74.6 Å². The van der Waals surface area contributed by atoms with Crippen LogP contribution in [0.2, 0.25) is 0 Å². The lowest BCUT2D eigenvalue weighted by Crippen LogP contribution is -1.99. The van der Waals surface area contributed by atoms with Gasteiger partial charge in [0.05, 0.1) is 0 Å². The first-order valence-electron chi connectivity index (χ1n) is 4.34. The van der Waals surface area contributed by atoms with Gasteiger partial charge in [-0.05, 0) is 18.8 Å². The van der Waals surface area contributed by atoms with Gasteiger partial charge in [-0.15, -0.1) is 5.11 Å². The normalized spacial score (nSPS) is 28.0. The minimum Gasteiger partial charge on any atom is -0.281 e. The number of H-pyrrole nitrogens is 1. The predicted molar refractivity (Wildman–Crippen MR) is 45.1 cm³/mol. The van der Waals surface area contributed by atoms with Gasteiger partial charge in [0.25, 0.3) is 0 Å². The van der Waals surface area contributed by atoms with Gasteiger partial charge in [-0.25, -0.2) is 5.53 Å². The maximum absolute atomic E-state index is 7.41. The van der Waals surface area contributed by atoms with Crippen molar-refractivity contribution in [1.29, 1.82) is 10.9 Å². The van der Waals surface area contributed by atoms with Crippen LogP contribution in [-0.2, 0) is 6.42 Å². The smallest absolute Gasteiger partial charge is 0.194 e. The molecule has 66 valence electrons. The van der Waals surface area contributed by atoms with E-state index in [1.54, 1.807) is 0 Å². The van der Waals surface area contributed by atoms with Crippen LogP contribution in [0.4, 0.5) is 0 Å². The standard InChI is InChI=1S/C8H9N5/c9-8(11-10)7-5-2-3-1-4(3)6(5)12-13-7/h3-4,9-10H,1-2H2,(H,12,13)/t3-,4-/m1/s1. The minimum atomic E-state index is -0.0289. The molecule has 0 amide bonds. The molecule has 1 aromatic rings. The van der Waals surface area contributed by atoms with Gasteiger partial charge in [-0.1, -0.05) is 0 Å². The molecule has 1 fully saturated rings. The Bertz CT molecular complexity index is 405. The van der Waals surface area contributed by atoms with Crippen LogP contribution in [0.1, 0.15) is 29.3 Å². The van der Waals surface area contributed by atoms with Gasteiger partial charge in [0.1, 0.15) is 5.69 Å². The molecule has 5 nitrogen and oxygen atoms in total. The highest BCUT2D eigenvalue weighted by molar-refractivity contribution is 5.96. The average Bonchev–Trinajstić information content (AvgIpc) is 2.63. The second-order valence-electron chi connectivity index (χ2n) is 3.73. The number of aromatic nitrogens is 2. The zero-order valence-electron chi connectivity index (χ0n) is 6.96. The largest absolute Gasteiger partial charge is 0.281 e. The van der Waals surface area contributed by atoms with Crippen LogP contribution in [0, 0.1) is 16.9 Å². The van der Waals surface area contributed by atoms with Gasteiger partial charge in [0.2, 0.25) is 0 Å². The second-order valence-corrected chi connectivity index (χ2v) is 3.73. The Morgan fingerprint density at radius 1 is 1.62 bits per heavy atom. The highest BCUT2D eigenvalue weighted by Gasteiger charge is 2.48. The minimum absolute atomic E-state index is 0.0289. The molecule has 0 spiro atoms. The van der Waals surface area contributed by atoms with Crippen molar-refractivity contribution in [3.8, 4) is 0 Å². The van der Waals surface area contributed by atoms with Crippen molar-refractivity contribution in [3.63, 3.8) is 0 Å². The molecule has 1 aromatic heterocycles. The number of aromatic amines is 1. The quantitative estimate of drug-likeness (QED) is 0.336. The van der Waals surface area contributed by atoms with Crippen molar-refractivity contribution < 1.29 is 0 Å². The Morgan fingerprint density at radius 3 is 3.23 bits per heavy atom. The fourth-order valence-electron chi connectivity index (χ4n) is 2.23. The lowest BCUT2D eigenvalue weighted by Gasteiger charge is -1.95. The van der Waals surface area contributed by atoms with Crippen molar-refractivity contribution in [3.05, 3.63) is 17.0 Å². The molecule has 0 bridgehead atoms. The van der Waals surface area contributed by atoms with E-state index in [0.29, 0.717) is 11.6 Å². The van der Waals surface area contributed by atoms with Crippen LogP contribution >= 0.6 is 0 Å². The first-order valence-corrected chi connectivity index (χ1v) is 4.34. The Balaban J connectivity index is 2.09. The molecule has 0 saturated heterocycles. The first-order chi connectivity index (χ1) is 6.31. The summed E-state index contributed by atoms with van der Waals surface area (Å²) in [4.78, 5) is 0. The van der Waals surface area contributed by atoms with E-state index < -0.39 is 0 Å². The van der Waals surface area contributed by atoms with Crippen molar-refractivity contribution >= 4 is 5.84 Å². The van der Waals surface area contributed by atoms with Crippen molar-refractivity contribution in [2.45, 2.75) is 18.8 Å². The number of hydrogen-bond acceptors (Lipinski definition) is 3. The molecule has 2 aliphatic carbocycles. The van der Waals surface area contributed by atoms with E-state index in [-0.39, 0.29) is 5.84 Å². The van der Waals surface area contributed by atoms with Crippen molar-refractivity contribution in [2.24, 2.45) is 11.0 Å². The van der Waals surface area contributed by atoms with Gasteiger partial charge in [-0.3, -0.25) is 10.5 Å². The molecule has 0 radical (unpaired) electrons. The zero-order valence-corrected chi connectivity index (χ0v) is 6.96. The molecule has 0 aliphatic heterocycles. The molecule has 5 heteroatoms. The molecule has 1 saturated carbocycles. The third kappa shape index (κ3) is 0.760. The molecular weight excluding hydrogens is 166 g/mol. The van der Waals surface area contributed by atoms with E-state index in [4.69, 9.17) is 10.9 Å². The van der Waals surface area contributed by atoms with Gasteiger partial charge in [0, 0.05) is 17.2 Å². The van der Waals surface area contributed by atoms with Crippen LogP contribution in [-0.4, -0.2) is 16.0 Å². The number of rotatable bonds is 1. The summed E-state index contributed by atoms with van der Waals surface area (Å²) >= 11 is 0. The zero-order chi connectivity index (χ0) is 9.00. The SMILES string of the molecule is N=NC(=N)c1n[nH]c2c1C[C@H]1C[C@@H]21. The number of fused-ring (bicyclic) bond motifs is 3. The van der Waals surface area contributed by atoms with E-state index >= 15 is 0 Å². The molecule has 0 unspecified atom stereocenters. The fraction of sp³-hybridized carbons (Fsp3) is 0.500. The van der Waals surface area contributed by atoms with Crippen molar-refractivity contribution in [1.82, 2.24) is 10.2 Å². The fourth-order valence-corrected chi connectivity index (χ4v) is 2.23. The number of amidine groups is 1. The van der Waals surface area contributed by atoms with Crippen molar-refractivity contribution in [2.75, 3.05) is 0 Å². The Kier molecular flexibility index (Phi) is 1.09. The molecule has 13 heavy (non-hydrogen) atoms. The lowest BCUT2D eigenvalue weighted by atomic mass is 10.1. The van der Waals surface area contributed by atoms with Crippen LogP contribution in [0.5, 0.6) is 0 Å². The Hall–Kier alpha value is -1.52. The van der Waals surface area contributed by atoms with Crippen LogP contribution in [0.3, 0.4) is 0 Å². The maximum Gasteiger partial charge on any atom is 0.194 e. The molecule has 3 N–H and O–H groups in total. The van der Waals surface area contributed by atoms with Gasteiger partial charge in [-0.2, -0.15) is 5.10 Å². The molecular formula is C8H9N5. The lowest BCUT2D eigenvalue weighted by molar-refractivity contribution is 0.838. The Morgan fingerprint density at radius 2 is 2.46 bits per heavy atom. The molecule has 0 aromatic carbocycles. The van der Waals surface area contributed by atoms with Crippen LogP contribution < -0.4 is 0 Å². The summed E-state index contributed by atoms with van der Waals surface area (Å²) in [6.45, 7) is 0. The summed E-state index contributed by atoms with van der Waals surface area (Å²) in [5.74, 6) is 1.41. The summed E-state index contributed by atoms with van der Waals surface area (Å²) in [6, 6.07) is 0. The molecule has 1 heterocycles. The summed E-state index contributed by atoms with van der Waals surface area (Å²) in [6.07, 6.45) is 2.28. The van der Waals surface area contributed by atoms with E-state index in [0.717, 1.165) is 17.9 Å². The third-order valence-electron chi connectivity index (χ3n) is 2.99. The predicted octanol–water partition coefficient (Wildman–Crippen LogP) is 1.43. The summed E-state index contributed by atoms with van der Waals surface area (Å²) < 4.78 is 0. The number of nitrogens with one attached hydrogen (secondary N) is 3. The van der Waals surface area contributed by atoms with Crippen LogP contribution in [0.25, 0.3) is 0 Å². The van der Waals surface area contributed by atoms with Gasteiger partial charge in [0.15, 0.2) is 5.84 Å². The molecule has 3 rings (SSSR count). The highest BCUT2D eigenvalue weighted by Crippen LogP contribution is 2.55. The monoisotopic (exact) mass is 175 g/mol. The topological polar surface area (TPSA) is 88.7 Å². The van der Waals surface area contributed by atoms with E-state index in [2.05, 4.69) is 15.3 Å². The van der Waals surface area contributed by atoms with E-state index in [1.807, 2.05) is 0 Å². The average molecular weight is 175 g/mol. The summed E-state index contributed by atoms with van der Waals surface area (Å²) in [5.41, 5.74) is 9.65. The first kappa shape index (κ1) is 6.94. The summed E-state index contributed by atoms with van der Waals surface area (Å²) in [5, 5.41) is 17.5. The number of hydrogen-bond donors (Lipinski definition) is 3. The summed E-state index contributed by atoms with van der Waals surface area (Å²) in [7, 11) is 0. The van der Waals surface area contributed by atoms with Gasteiger partial charge < -0.3 is 0 Å². The van der Waals surface area contributed by atoms with E-state index in [1.165, 1.54) is 12.1 Å². The molecule has 2 atom stereocenters. The molecule has 2 aliphatic rings. The number of nitrogens with zero attached hydrogens (tertiary/aromatic N) is 2. The van der Waals surface area contributed by atoms with E-state index in [9.17, 15) is 0 Å². The maximum atomic E-state index is 7.41. The van der Waals surface area contributed by atoms with Gasteiger partial charge >= 0.3 is 0 Å². The third-order valence-corrected chi connectivity index (χ3v) is 2.99. The highest BCUT2D eigenvalue weighted by atomic mass is 15.2.